The summed E-state index contributed by atoms with van der Waals surface area (Å²) in [5.41, 5.74) is 2.34. The number of benzene rings is 1. The van der Waals surface area contributed by atoms with Gasteiger partial charge in [0, 0.05) is 18.5 Å². The summed E-state index contributed by atoms with van der Waals surface area (Å²) < 4.78 is 0. The van der Waals surface area contributed by atoms with E-state index in [1.807, 2.05) is 6.07 Å². The highest BCUT2D eigenvalue weighted by Gasteiger charge is 2.04. The van der Waals surface area contributed by atoms with Crippen molar-refractivity contribution < 1.29 is 5.11 Å². The van der Waals surface area contributed by atoms with Gasteiger partial charge in [0.05, 0.1) is 6.61 Å². The summed E-state index contributed by atoms with van der Waals surface area (Å²) >= 11 is 0. The molecule has 0 aliphatic heterocycles. The van der Waals surface area contributed by atoms with E-state index in [0.29, 0.717) is 6.42 Å². The molecule has 1 aromatic carbocycles. The van der Waals surface area contributed by atoms with Gasteiger partial charge in [-0.05, 0) is 57.8 Å². The lowest BCUT2D eigenvalue weighted by Gasteiger charge is -2.21. The molecule has 1 N–H and O–H groups in total. The van der Waals surface area contributed by atoms with E-state index in [1.165, 1.54) is 12.0 Å². The highest BCUT2D eigenvalue weighted by molar-refractivity contribution is 5.37. The number of aliphatic hydroxyl groups is 1. The maximum Gasteiger partial charge on any atom is 0.0540 e. The van der Waals surface area contributed by atoms with Gasteiger partial charge in [0.15, 0.2) is 0 Å². The molecule has 0 amide bonds. The van der Waals surface area contributed by atoms with Crippen molar-refractivity contribution in [2.24, 2.45) is 0 Å². The Morgan fingerprint density at radius 3 is 2.67 bits per heavy atom. The summed E-state index contributed by atoms with van der Waals surface area (Å²) in [7, 11) is 4.23. The maximum absolute atomic E-state index is 8.76. The molecule has 0 atom stereocenters. The summed E-state index contributed by atoms with van der Waals surface area (Å²) in [4.78, 5) is 4.69. The molecule has 0 fully saturated rings. The zero-order chi connectivity index (χ0) is 15.5. The van der Waals surface area contributed by atoms with E-state index in [1.54, 1.807) is 0 Å². The zero-order valence-corrected chi connectivity index (χ0v) is 13.6. The average molecular weight is 288 g/mol. The van der Waals surface area contributed by atoms with E-state index in [-0.39, 0.29) is 6.61 Å². The molecule has 0 aromatic heterocycles. The monoisotopic (exact) mass is 288 g/mol. The van der Waals surface area contributed by atoms with Crippen molar-refractivity contribution in [1.29, 1.82) is 0 Å². The zero-order valence-electron chi connectivity index (χ0n) is 13.6. The topological polar surface area (TPSA) is 26.7 Å². The first-order valence-corrected chi connectivity index (χ1v) is 7.71. The van der Waals surface area contributed by atoms with E-state index in [9.17, 15) is 0 Å². The fourth-order valence-corrected chi connectivity index (χ4v) is 2.19. The Balaban J connectivity index is 2.55. The molecule has 0 heterocycles. The molecule has 0 bridgehead atoms. The second kappa shape index (κ2) is 10.4. The van der Waals surface area contributed by atoms with Crippen LogP contribution in [-0.2, 0) is 6.54 Å². The number of hydrogen-bond acceptors (Lipinski definition) is 3. The number of nitrogens with zero attached hydrogens (tertiary/aromatic N) is 2. The molecule has 3 nitrogen and oxygen atoms in total. The molecule has 0 saturated heterocycles. The summed E-state index contributed by atoms with van der Waals surface area (Å²) in [6, 6.07) is 8.40. The molecule has 116 valence electrons. The standard InChI is InChI=1S/C18H28N2O/c1-4-20(13-8-12-19(2)3)16-18-11-7-10-17(15-18)9-5-6-14-21/h7,10-11,15,21H,4,6,8,12-14,16H2,1-3H3. The van der Waals surface area contributed by atoms with Gasteiger partial charge >= 0.3 is 0 Å². The first kappa shape index (κ1) is 17.7. The van der Waals surface area contributed by atoms with Crippen LogP contribution in [0.3, 0.4) is 0 Å². The quantitative estimate of drug-likeness (QED) is 0.743. The second-order valence-corrected chi connectivity index (χ2v) is 5.50. The van der Waals surface area contributed by atoms with Gasteiger partial charge in [-0.15, -0.1) is 0 Å². The third kappa shape index (κ3) is 7.87. The Morgan fingerprint density at radius 2 is 2.00 bits per heavy atom. The molecule has 0 aliphatic carbocycles. The molecule has 3 heteroatoms. The Morgan fingerprint density at radius 1 is 1.19 bits per heavy atom. The molecule has 21 heavy (non-hydrogen) atoms. The molecule has 0 saturated carbocycles. The molecule has 0 aliphatic rings. The van der Waals surface area contributed by atoms with Crippen LogP contribution in [0.1, 0.15) is 30.9 Å². The van der Waals surface area contributed by atoms with Gasteiger partial charge in [-0.1, -0.05) is 30.9 Å². The van der Waals surface area contributed by atoms with Gasteiger partial charge in [0.25, 0.3) is 0 Å². The lowest BCUT2D eigenvalue weighted by molar-refractivity contribution is 0.259. The van der Waals surface area contributed by atoms with Crippen LogP contribution in [0.2, 0.25) is 0 Å². The van der Waals surface area contributed by atoms with Crippen molar-refractivity contribution in [3.05, 3.63) is 35.4 Å². The van der Waals surface area contributed by atoms with Crippen molar-refractivity contribution in [2.75, 3.05) is 40.3 Å². The molecule has 0 unspecified atom stereocenters. The lowest BCUT2D eigenvalue weighted by Crippen LogP contribution is -2.26. The van der Waals surface area contributed by atoms with Crippen molar-refractivity contribution in [3.63, 3.8) is 0 Å². The first-order chi connectivity index (χ1) is 10.2. The van der Waals surface area contributed by atoms with E-state index >= 15 is 0 Å². The van der Waals surface area contributed by atoms with E-state index in [0.717, 1.165) is 31.7 Å². The van der Waals surface area contributed by atoms with E-state index < -0.39 is 0 Å². The Hall–Kier alpha value is -1.34. The summed E-state index contributed by atoms with van der Waals surface area (Å²) in [5.74, 6) is 6.07. The number of hydrogen-bond donors (Lipinski definition) is 1. The highest BCUT2D eigenvalue weighted by atomic mass is 16.2. The van der Waals surface area contributed by atoms with Crippen LogP contribution in [0, 0.1) is 11.8 Å². The van der Waals surface area contributed by atoms with Crippen LogP contribution >= 0.6 is 0 Å². The molecule has 1 aromatic rings. The van der Waals surface area contributed by atoms with E-state index in [4.69, 9.17) is 5.11 Å². The number of rotatable bonds is 8. The minimum absolute atomic E-state index is 0.127. The SMILES string of the molecule is CCN(CCCN(C)C)Cc1cccc(C#CCCO)c1. The average Bonchev–Trinajstić information content (AvgIpc) is 2.46. The fourth-order valence-electron chi connectivity index (χ4n) is 2.19. The molecule has 0 radical (unpaired) electrons. The van der Waals surface area contributed by atoms with Crippen LogP contribution in [0.4, 0.5) is 0 Å². The predicted molar refractivity (Wildman–Crippen MR) is 89.1 cm³/mol. The molecule has 0 spiro atoms. The van der Waals surface area contributed by atoms with Crippen molar-refractivity contribution in [1.82, 2.24) is 9.80 Å². The highest BCUT2D eigenvalue weighted by Crippen LogP contribution is 2.08. The Labute approximate surface area is 129 Å². The van der Waals surface area contributed by atoms with Gasteiger partial charge in [-0.25, -0.2) is 0 Å². The number of aliphatic hydroxyl groups excluding tert-OH is 1. The second-order valence-electron chi connectivity index (χ2n) is 5.50. The van der Waals surface area contributed by atoms with Gasteiger partial charge in [-0.2, -0.15) is 0 Å². The van der Waals surface area contributed by atoms with Crippen LogP contribution in [0.5, 0.6) is 0 Å². The van der Waals surface area contributed by atoms with Crippen LogP contribution < -0.4 is 0 Å². The van der Waals surface area contributed by atoms with Crippen molar-refractivity contribution in [3.8, 4) is 11.8 Å². The van der Waals surface area contributed by atoms with Gasteiger partial charge < -0.3 is 10.0 Å². The van der Waals surface area contributed by atoms with Crippen LogP contribution in [0.25, 0.3) is 0 Å². The maximum atomic E-state index is 8.76. The Bertz CT molecular complexity index is 460. The van der Waals surface area contributed by atoms with Crippen molar-refractivity contribution in [2.45, 2.75) is 26.3 Å². The van der Waals surface area contributed by atoms with Gasteiger partial charge in [0.1, 0.15) is 0 Å². The lowest BCUT2D eigenvalue weighted by atomic mass is 10.1. The molecular formula is C18H28N2O. The first-order valence-electron chi connectivity index (χ1n) is 7.71. The fraction of sp³-hybridized carbons (Fsp3) is 0.556. The van der Waals surface area contributed by atoms with Crippen LogP contribution in [-0.4, -0.2) is 55.2 Å². The molecular weight excluding hydrogens is 260 g/mol. The third-order valence-electron chi connectivity index (χ3n) is 3.33. The third-order valence-corrected chi connectivity index (χ3v) is 3.33. The van der Waals surface area contributed by atoms with Crippen LogP contribution in [0.15, 0.2) is 24.3 Å². The normalized spacial score (nSPS) is 10.8. The van der Waals surface area contributed by atoms with Gasteiger partial charge in [-0.3, -0.25) is 4.90 Å². The van der Waals surface area contributed by atoms with Crippen molar-refractivity contribution >= 4 is 0 Å². The largest absolute Gasteiger partial charge is 0.395 e. The summed E-state index contributed by atoms with van der Waals surface area (Å²) in [6.07, 6.45) is 1.73. The Kier molecular flexibility index (Phi) is 8.77. The molecule has 1 rings (SSSR count). The van der Waals surface area contributed by atoms with E-state index in [2.05, 4.69) is 60.9 Å². The minimum Gasteiger partial charge on any atom is -0.395 e. The summed E-state index contributed by atoms with van der Waals surface area (Å²) in [5, 5.41) is 8.76. The predicted octanol–water partition coefficient (Wildman–Crippen LogP) is 2.19. The van der Waals surface area contributed by atoms with Gasteiger partial charge in [0.2, 0.25) is 0 Å². The smallest absolute Gasteiger partial charge is 0.0540 e. The minimum atomic E-state index is 0.127. The summed E-state index contributed by atoms with van der Waals surface area (Å²) in [6.45, 7) is 6.62.